The molecule has 0 spiro atoms. The summed E-state index contributed by atoms with van der Waals surface area (Å²) in [7, 11) is 3.90. The molecule has 20 heavy (non-hydrogen) atoms. The van der Waals surface area contributed by atoms with Crippen LogP contribution in [0.2, 0.25) is 0 Å². The maximum Gasteiger partial charge on any atom is 0.240 e. The molecule has 0 radical (unpaired) electrons. The Labute approximate surface area is 120 Å². The smallest absolute Gasteiger partial charge is 0.240 e. The van der Waals surface area contributed by atoms with E-state index in [0.29, 0.717) is 5.95 Å². The fourth-order valence-electron chi connectivity index (χ4n) is 2.10. The maximum atomic E-state index is 5.43. The van der Waals surface area contributed by atoms with E-state index in [-0.39, 0.29) is 0 Å². The molecule has 3 heterocycles. The summed E-state index contributed by atoms with van der Waals surface area (Å²) in [5.74, 6) is 6.71. The number of nitrogens with two attached hydrogens (primary N) is 1. The van der Waals surface area contributed by atoms with Gasteiger partial charge in [0.2, 0.25) is 5.95 Å². The van der Waals surface area contributed by atoms with Gasteiger partial charge in [0.25, 0.3) is 0 Å². The first kappa shape index (κ1) is 12.8. The fraction of sp³-hybridized carbons (Fsp3) is 0.250. The van der Waals surface area contributed by atoms with E-state index in [4.69, 9.17) is 5.84 Å². The van der Waals surface area contributed by atoms with Gasteiger partial charge in [0, 0.05) is 32.4 Å². The van der Waals surface area contributed by atoms with Gasteiger partial charge >= 0.3 is 0 Å². The van der Waals surface area contributed by atoms with Crippen LogP contribution in [-0.2, 0) is 13.6 Å². The van der Waals surface area contributed by atoms with Crippen molar-refractivity contribution in [3.63, 3.8) is 0 Å². The van der Waals surface area contributed by atoms with E-state index in [9.17, 15) is 0 Å². The Morgan fingerprint density at radius 2 is 2.30 bits per heavy atom. The minimum Gasteiger partial charge on any atom is -0.355 e. The molecular weight excluding hydrogens is 274 g/mol. The van der Waals surface area contributed by atoms with Crippen molar-refractivity contribution in [2.24, 2.45) is 12.9 Å². The van der Waals surface area contributed by atoms with Crippen molar-refractivity contribution in [3.8, 4) is 0 Å². The molecule has 0 unspecified atom stereocenters. The van der Waals surface area contributed by atoms with Crippen LogP contribution in [0.5, 0.6) is 0 Å². The Morgan fingerprint density at radius 3 is 3.00 bits per heavy atom. The lowest BCUT2D eigenvalue weighted by molar-refractivity contribution is 0.766. The Balaban J connectivity index is 1.97. The molecule has 3 rings (SSSR count). The number of nitrogen functional groups attached to an aromatic ring is 1. The summed E-state index contributed by atoms with van der Waals surface area (Å²) in [5, 5.41) is 7.21. The molecule has 104 valence electrons. The number of hydrogen-bond donors (Lipinski definition) is 2. The van der Waals surface area contributed by atoms with Gasteiger partial charge in [0.05, 0.1) is 11.6 Å². The summed E-state index contributed by atoms with van der Waals surface area (Å²) < 4.78 is 1.79. The van der Waals surface area contributed by atoms with E-state index in [1.54, 1.807) is 16.0 Å². The second kappa shape index (κ2) is 5.06. The number of rotatable bonds is 4. The first-order chi connectivity index (χ1) is 9.67. The van der Waals surface area contributed by atoms with E-state index in [1.807, 2.05) is 37.9 Å². The van der Waals surface area contributed by atoms with Crippen LogP contribution in [-0.4, -0.2) is 26.8 Å². The molecule has 7 nitrogen and oxygen atoms in total. The number of hydrazine groups is 1. The van der Waals surface area contributed by atoms with Crippen molar-refractivity contribution in [3.05, 3.63) is 29.4 Å². The molecule has 3 N–H and O–H groups in total. The van der Waals surface area contributed by atoms with Crippen molar-refractivity contribution in [2.75, 3.05) is 17.4 Å². The van der Waals surface area contributed by atoms with E-state index >= 15 is 0 Å². The summed E-state index contributed by atoms with van der Waals surface area (Å²) in [4.78, 5) is 11.8. The second-order valence-corrected chi connectivity index (χ2v) is 5.43. The zero-order valence-corrected chi connectivity index (χ0v) is 12.1. The van der Waals surface area contributed by atoms with Crippen LogP contribution in [0.4, 0.5) is 11.8 Å². The molecule has 0 aromatic carbocycles. The average molecular weight is 289 g/mol. The van der Waals surface area contributed by atoms with Gasteiger partial charge in [-0.1, -0.05) is 0 Å². The SMILES string of the molecule is CN(Cc1cnn(C)c1)c1nc(NN)nc2sccc12. The number of hydrogen-bond acceptors (Lipinski definition) is 7. The third kappa shape index (κ3) is 2.30. The van der Waals surface area contributed by atoms with Crippen LogP contribution in [0.3, 0.4) is 0 Å². The van der Waals surface area contributed by atoms with Gasteiger partial charge in [-0.3, -0.25) is 10.1 Å². The number of anilines is 2. The van der Waals surface area contributed by atoms with Crippen molar-refractivity contribution < 1.29 is 0 Å². The molecule has 0 atom stereocenters. The Kier molecular flexibility index (Phi) is 3.25. The highest BCUT2D eigenvalue weighted by molar-refractivity contribution is 7.16. The summed E-state index contributed by atoms with van der Waals surface area (Å²) in [5.41, 5.74) is 3.64. The summed E-state index contributed by atoms with van der Waals surface area (Å²) in [6.45, 7) is 0.722. The molecule has 0 saturated carbocycles. The van der Waals surface area contributed by atoms with Gasteiger partial charge in [-0.15, -0.1) is 11.3 Å². The van der Waals surface area contributed by atoms with Crippen LogP contribution in [0, 0.1) is 0 Å². The van der Waals surface area contributed by atoms with E-state index in [2.05, 4.69) is 25.4 Å². The van der Waals surface area contributed by atoms with Gasteiger partial charge in [-0.25, -0.2) is 10.8 Å². The third-order valence-corrected chi connectivity index (χ3v) is 3.78. The zero-order valence-electron chi connectivity index (χ0n) is 11.2. The van der Waals surface area contributed by atoms with Crippen molar-refractivity contribution in [2.45, 2.75) is 6.54 Å². The average Bonchev–Trinajstić information content (AvgIpc) is 3.06. The standard InChI is InChI=1S/C12H15N7S/c1-18(6-8-5-14-19(2)7-8)10-9-3-4-20-11(9)16-12(15-10)17-13/h3-5,7H,6,13H2,1-2H3,(H,15,16,17). The Hall–Kier alpha value is -2.19. The minimum absolute atomic E-state index is 0.424. The molecule has 0 aliphatic carbocycles. The van der Waals surface area contributed by atoms with Crippen LogP contribution in [0.15, 0.2) is 23.8 Å². The van der Waals surface area contributed by atoms with Gasteiger partial charge < -0.3 is 4.90 Å². The van der Waals surface area contributed by atoms with Crippen LogP contribution < -0.4 is 16.2 Å². The molecule has 0 fully saturated rings. The number of thiophene rings is 1. The third-order valence-electron chi connectivity index (χ3n) is 2.97. The van der Waals surface area contributed by atoms with E-state index < -0.39 is 0 Å². The molecule has 0 saturated heterocycles. The summed E-state index contributed by atoms with van der Waals surface area (Å²) in [6.07, 6.45) is 3.84. The number of fused-ring (bicyclic) bond motifs is 1. The quantitative estimate of drug-likeness (QED) is 0.557. The predicted octanol–water partition coefficient (Wildman–Crippen LogP) is 1.35. The molecular formula is C12H15N7S. The lowest BCUT2D eigenvalue weighted by atomic mass is 10.3. The maximum absolute atomic E-state index is 5.43. The number of nitrogens with zero attached hydrogens (tertiary/aromatic N) is 5. The fourth-order valence-corrected chi connectivity index (χ4v) is 2.86. The first-order valence-corrected chi connectivity index (χ1v) is 6.96. The lowest BCUT2D eigenvalue weighted by Gasteiger charge is -2.18. The van der Waals surface area contributed by atoms with Gasteiger partial charge in [0.15, 0.2) is 0 Å². The number of nitrogens with one attached hydrogen (secondary N) is 1. The zero-order chi connectivity index (χ0) is 14.1. The normalized spacial score (nSPS) is 10.9. The molecule has 3 aromatic heterocycles. The number of aryl methyl sites for hydroxylation is 1. The monoisotopic (exact) mass is 289 g/mol. The largest absolute Gasteiger partial charge is 0.355 e. The topological polar surface area (TPSA) is 84.9 Å². The Bertz CT molecular complexity index is 732. The predicted molar refractivity (Wildman–Crippen MR) is 80.5 cm³/mol. The van der Waals surface area contributed by atoms with Crippen LogP contribution in [0.1, 0.15) is 5.56 Å². The molecule has 0 amide bonds. The van der Waals surface area contributed by atoms with Crippen LogP contribution in [0.25, 0.3) is 10.2 Å². The summed E-state index contributed by atoms with van der Waals surface area (Å²) in [6, 6.07) is 2.02. The number of aromatic nitrogens is 4. The molecule has 0 aliphatic rings. The van der Waals surface area contributed by atoms with Crippen LogP contribution >= 0.6 is 11.3 Å². The second-order valence-electron chi connectivity index (χ2n) is 4.53. The Morgan fingerprint density at radius 1 is 1.45 bits per heavy atom. The minimum atomic E-state index is 0.424. The molecule has 0 bridgehead atoms. The van der Waals surface area contributed by atoms with Gasteiger partial charge in [-0.05, 0) is 11.4 Å². The highest BCUT2D eigenvalue weighted by atomic mass is 32.1. The highest BCUT2D eigenvalue weighted by Gasteiger charge is 2.13. The lowest BCUT2D eigenvalue weighted by Crippen LogP contribution is -2.19. The van der Waals surface area contributed by atoms with Crippen molar-refractivity contribution in [1.29, 1.82) is 0 Å². The van der Waals surface area contributed by atoms with E-state index in [1.165, 1.54) is 0 Å². The first-order valence-electron chi connectivity index (χ1n) is 6.08. The summed E-state index contributed by atoms with van der Waals surface area (Å²) >= 11 is 1.57. The molecule has 3 aromatic rings. The van der Waals surface area contributed by atoms with Crippen molar-refractivity contribution in [1.82, 2.24) is 19.7 Å². The van der Waals surface area contributed by atoms with Gasteiger partial charge in [-0.2, -0.15) is 10.1 Å². The van der Waals surface area contributed by atoms with E-state index in [0.717, 1.165) is 28.1 Å². The van der Waals surface area contributed by atoms with Gasteiger partial charge in [0.1, 0.15) is 10.6 Å². The highest BCUT2D eigenvalue weighted by Crippen LogP contribution is 2.28. The molecule has 0 aliphatic heterocycles. The van der Waals surface area contributed by atoms with Crippen molar-refractivity contribution >= 4 is 33.3 Å². The molecule has 8 heteroatoms.